The van der Waals surface area contributed by atoms with Gasteiger partial charge in [-0.05, 0) is 43.5 Å². The third-order valence-corrected chi connectivity index (χ3v) is 3.71. The highest BCUT2D eigenvalue weighted by Gasteiger charge is 2.20. The zero-order chi connectivity index (χ0) is 14.7. The van der Waals surface area contributed by atoms with E-state index in [0.717, 1.165) is 43.0 Å². The van der Waals surface area contributed by atoms with Gasteiger partial charge in [0.05, 0.1) is 5.56 Å². The molecule has 2 aromatic rings. The summed E-state index contributed by atoms with van der Waals surface area (Å²) in [6.45, 7) is 3.85. The van der Waals surface area contributed by atoms with Crippen LogP contribution in [0.25, 0.3) is 0 Å². The Kier molecular flexibility index (Phi) is 3.81. The standard InChI is InChI=1S/C16H18N4O/c1-12-11-17-8-6-14(12)19-16(21)13-5-4-7-18-15(13)20-9-2-3-10-20/h4-8,11H,2-3,9-10H2,1H3,(H,17,19,21). The number of rotatable bonds is 3. The number of anilines is 2. The summed E-state index contributed by atoms with van der Waals surface area (Å²) in [5.74, 6) is 0.651. The Morgan fingerprint density at radius 1 is 1.24 bits per heavy atom. The predicted molar refractivity (Wildman–Crippen MR) is 82.6 cm³/mol. The van der Waals surface area contributed by atoms with Gasteiger partial charge >= 0.3 is 0 Å². The molecule has 21 heavy (non-hydrogen) atoms. The average Bonchev–Trinajstić information content (AvgIpc) is 3.04. The van der Waals surface area contributed by atoms with Gasteiger partial charge in [0, 0.05) is 37.4 Å². The highest BCUT2D eigenvalue weighted by Crippen LogP contribution is 2.23. The summed E-state index contributed by atoms with van der Waals surface area (Å²) >= 11 is 0. The van der Waals surface area contributed by atoms with Crippen LogP contribution in [0.1, 0.15) is 28.8 Å². The van der Waals surface area contributed by atoms with Gasteiger partial charge in [-0.3, -0.25) is 9.78 Å². The Hall–Kier alpha value is -2.43. The van der Waals surface area contributed by atoms with E-state index in [4.69, 9.17) is 0 Å². The summed E-state index contributed by atoms with van der Waals surface area (Å²) in [4.78, 5) is 23.2. The van der Waals surface area contributed by atoms with Gasteiger partial charge in [-0.2, -0.15) is 0 Å². The fraction of sp³-hybridized carbons (Fsp3) is 0.312. The average molecular weight is 282 g/mol. The number of hydrogen-bond acceptors (Lipinski definition) is 4. The van der Waals surface area contributed by atoms with E-state index in [1.165, 1.54) is 0 Å². The SMILES string of the molecule is Cc1cnccc1NC(=O)c1cccnc1N1CCCC1. The lowest BCUT2D eigenvalue weighted by molar-refractivity contribution is 0.102. The highest BCUT2D eigenvalue weighted by molar-refractivity contribution is 6.07. The van der Waals surface area contributed by atoms with Crippen LogP contribution in [0.15, 0.2) is 36.8 Å². The van der Waals surface area contributed by atoms with Crippen LogP contribution in [-0.2, 0) is 0 Å². The number of aryl methyl sites for hydroxylation is 1. The molecule has 1 saturated heterocycles. The fourth-order valence-corrected chi connectivity index (χ4v) is 2.56. The van der Waals surface area contributed by atoms with Crippen LogP contribution in [0.2, 0.25) is 0 Å². The Bertz CT molecular complexity index is 650. The van der Waals surface area contributed by atoms with Crippen LogP contribution in [0, 0.1) is 6.92 Å². The molecule has 2 aromatic heterocycles. The van der Waals surface area contributed by atoms with Crippen molar-refractivity contribution in [1.29, 1.82) is 0 Å². The van der Waals surface area contributed by atoms with Crippen molar-refractivity contribution >= 4 is 17.4 Å². The summed E-state index contributed by atoms with van der Waals surface area (Å²) < 4.78 is 0. The van der Waals surface area contributed by atoms with Crippen LogP contribution < -0.4 is 10.2 Å². The molecule has 108 valence electrons. The van der Waals surface area contributed by atoms with Crippen molar-refractivity contribution in [1.82, 2.24) is 9.97 Å². The van der Waals surface area contributed by atoms with Crippen molar-refractivity contribution in [2.24, 2.45) is 0 Å². The van der Waals surface area contributed by atoms with Gasteiger partial charge in [-0.1, -0.05) is 0 Å². The minimum atomic E-state index is -0.126. The molecule has 0 aromatic carbocycles. The number of nitrogens with zero attached hydrogens (tertiary/aromatic N) is 3. The minimum Gasteiger partial charge on any atom is -0.356 e. The van der Waals surface area contributed by atoms with Gasteiger partial charge < -0.3 is 10.2 Å². The summed E-state index contributed by atoms with van der Waals surface area (Å²) in [6, 6.07) is 5.43. The number of nitrogens with one attached hydrogen (secondary N) is 1. The third-order valence-electron chi connectivity index (χ3n) is 3.71. The van der Waals surface area contributed by atoms with E-state index in [1.807, 2.05) is 13.0 Å². The Labute approximate surface area is 124 Å². The van der Waals surface area contributed by atoms with Crippen LogP contribution in [-0.4, -0.2) is 29.0 Å². The lowest BCUT2D eigenvalue weighted by atomic mass is 10.2. The Morgan fingerprint density at radius 3 is 2.81 bits per heavy atom. The summed E-state index contributed by atoms with van der Waals surface area (Å²) in [5.41, 5.74) is 2.35. The van der Waals surface area contributed by atoms with E-state index in [-0.39, 0.29) is 5.91 Å². The monoisotopic (exact) mass is 282 g/mol. The maximum atomic E-state index is 12.5. The van der Waals surface area contributed by atoms with Gasteiger partial charge in [0.2, 0.25) is 0 Å². The number of hydrogen-bond donors (Lipinski definition) is 1. The van der Waals surface area contributed by atoms with Gasteiger partial charge in [0.15, 0.2) is 0 Å². The third kappa shape index (κ3) is 2.86. The molecule has 1 aliphatic heterocycles. The maximum Gasteiger partial charge on any atom is 0.259 e. The van der Waals surface area contributed by atoms with E-state index in [0.29, 0.717) is 5.56 Å². The smallest absolute Gasteiger partial charge is 0.259 e. The molecule has 0 unspecified atom stereocenters. The first kappa shape index (κ1) is 13.5. The summed E-state index contributed by atoms with van der Waals surface area (Å²) in [5, 5.41) is 2.94. The van der Waals surface area contributed by atoms with Crippen molar-refractivity contribution in [3.05, 3.63) is 47.9 Å². The zero-order valence-corrected chi connectivity index (χ0v) is 12.0. The molecule has 0 radical (unpaired) electrons. The normalized spacial score (nSPS) is 14.2. The maximum absolute atomic E-state index is 12.5. The molecule has 0 atom stereocenters. The van der Waals surface area contributed by atoms with E-state index >= 15 is 0 Å². The van der Waals surface area contributed by atoms with Crippen molar-refractivity contribution in [2.75, 3.05) is 23.3 Å². The molecule has 5 nitrogen and oxygen atoms in total. The molecular formula is C16H18N4O. The van der Waals surface area contributed by atoms with Gasteiger partial charge in [0.25, 0.3) is 5.91 Å². The summed E-state index contributed by atoms with van der Waals surface area (Å²) in [7, 11) is 0. The quantitative estimate of drug-likeness (QED) is 0.940. The van der Waals surface area contributed by atoms with Crippen LogP contribution in [0.4, 0.5) is 11.5 Å². The van der Waals surface area contributed by atoms with Gasteiger partial charge in [-0.25, -0.2) is 4.98 Å². The molecule has 1 N–H and O–H groups in total. The molecule has 1 fully saturated rings. The van der Waals surface area contributed by atoms with Crippen LogP contribution >= 0.6 is 0 Å². The first-order valence-electron chi connectivity index (χ1n) is 7.17. The van der Waals surface area contributed by atoms with Crippen molar-refractivity contribution in [3.8, 4) is 0 Å². The molecule has 3 heterocycles. The first-order valence-corrected chi connectivity index (χ1v) is 7.17. The first-order chi connectivity index (χ1) is 10.3. The molecule has 0 saturated carbocycles. The lowest BCUT2D eigenvalue weighted by Gasteiger charge is -2.19. The van der Waals surface area contributed by atoms with Crippen LogP contribution in [0.5, 0.6) is 0 Å². The molecular weight excluding hydrogens is 264 g/mol. The Balaban J connectivity index is 1.86. The van der Waals surface area contributed by atoms with Crippen molar-refractivity contribution in [3.63, 3.8) is 0 Å². The molecule has 1 amide bonds. The van der Waals surface area contributed by atoms with Crippen molar-refractivity contribution < 1.29 is 4.79 Å². The van der Waals surface area contributed by atoms with E-state index < -0.39 is 0 Å². The molecule has 3 rings (SSSR count). The summed E-state index contributed by atoms with van der Waals surface area (Å²) in [6.07, 6.45) is 7.46. The fourth-order valence-electron chi connectivity index (χ4n) is 2.56. The largest absolute Gasteiger partial charge is 0.356 e. The molecule has 0 aliphatic carbocycles. The van der Waals surface area contributed by atoms with Gasteiger partial charge in [-0.15, -0.1) is 0 Å². The molecule has 5 heteroatoms. The van der Waals surface area contributed by atoms with Crippen LogP contribution in [0.3, 0.4) is 0 Å². The second-order valence-electron chi connectivity index (χ2n) is 5.21. The van der Waals surface area contributed by atoms with E-state index in [9.17, 15) is 4.79 Å². The predicted octanol–water partition coefficient (Wildman–Crippen LogP) is 2.64. The second kappa shape index (κ2) is 5.91. The topological polar surface area (TPSA) is 58.1 Å². The minimum absolute atomic E-state index is 0.126. The number of pyridine rings is 2. The van der Waals surface area contributed by atoms with Gasteiger partial charge in [0.1, 0.15) is 5.82 Å². The van der Waals surface area contributed by atoms with Crippen molar-refractivity contribution in [2.45, 2.75) is 19.8 Å². The van der Waals surface area contributed by atoms with E-state index in [2.05, 4.69) is 20.2 Å². The lowest BCUT2D eigenvalue weighted by Crippen LogP contribution is -2.24. The molecule has 1 aliphatic rings. The van der Waals surface area contributed by atoms with E-state index in [1.54, 1.807) is 30.7 Å². The number of carbonyl (C=O) groups excluding carboxylic acids is 1. The highest BCUT2D eigenvalue weighted by atomic mass is 16.1. The number of amides is 1. The Morgan fingerprint density at radius 2 is 2.05 bits per heavy atom. The molecule has 0 bridgehead atoms. The zero-order valence-electron chi connectivity index (χ0n) is 12.0. The number of aromatic nitrogens is 2. The molecule has 0 spiro atoms. The number of carbonyl (C=O) groups is 1. The second-order valence-corrected chi connectivity index (χ2v) is 5.21.